The Labute approximate surface area is 175 Å². The van der Waals surface area contributed by atoms with Gasteiger partial charge in [-0.3, -0.25) is 0 Å². The molecule has 0 atom stereocenters. The van der Waals surface area contributed by atoms with E-state index < -0.39 is 5.97 Å². The Kier molecular flexibility index (Phi) is 6.85. The molecule has 7 heteroatoms. The predicted octanol–water partition coefficient (Wildman–Crippen LogP) is 3.51. The molecule has 3 aromatic rings. The van der Waals surface area contributed by atoms with Gasteiger partial charge >= 0.3 is 0 Å². The van der Waals surface area contributed by atoms with Crippen LogP contribution >= 0.6 is 0 Å². The number of carbonyl (C=O) groups is 1. The molecule has 0 amide bonds. The maximum absolute atomic E-state index is 11.0. The normalized spacial score (nSPS) is 11.5. The summed E-state index contributed by atoms with van der Waals surface area (Å²) >= 11 is 0. The van der Waals surface area contributed by atoms with Crippen molar-refractivity contribution >= 4 is 11.7 Å². The van der Waals surface area contributed by atoms with E-state index >= 15 is 0 Å². The molecule has 0 spiro atoms. The first-order chi connectivity index (χ1) is 14.4. The molecule has 0 aliphatic heterocycles. The van der Waals surface area contributed by atoms with E-state index in [0.29, 0.717) is 17.4 Å². The van der Waals surface area contributed by atoms with Crippen molar-refractivity contribution in [2.75, 3.05) is 0 Å². The number of oxazole rings is 1. The number of nitrogens with zero attached hydrogens (tertiary/aromatic N) is 2. The van der Waals surface area contributed by atoms with E-state index in [9.17, 15) is 9.90 Å². The van der Waals surface area contributed by atoms with Crippen LogP contribution in [-0.2, 0) is 22.8 Å². The SMILES string of the molecule is Cc1oc(-c2ccccc2)nc1COc1ccc(CO/N=C(/C(=O)[O-])C(C)C)cc1. The highest BCUT2D eigenvalue weighted by atomic mass is 16.6. The van der Waals surface area contributed by atoms with Crippen molar-refractivity contribution in [1.29, 1.82) is 0 Å². The van der Waals surface area contributed by atoms with Gasteiger partial charge in [0.15, 0.2) is 0 Å². The van der Waals surface area contributed by atoms with Crippen molar-refractivity contribution in [2.45, 2.75) is 34.0 Å². The molecule has 0 saturated heterocycles. The Hall–Kier alpha value is -3.61. The first-order valence-electron chi connectivity index (χ1n) is 9.58. The Balaban J connectivity index is 1.56. The fraction of sp³-hybridized carbons (Fsp3) is 0.261. The molecule has 1 aromatic heterocycles. The van der Waals surface area contributed by atoms with E-state index in [0.717, 1.165) is 16.8 Å². The van der Waals surface area contributed by atoms with E-state index in [-0.39, 0.29) is 24.8 Å². The number of aromatic nitrogens is 1. The first kappa shape index (κ1) is 21.1. The molecule has 3 rings (SSSR count). The van der Waals surface area contributed by atoms with E-state index in [4.69, 9.17) is 14.0 Å². The van der Waals surface area contributed by atoms with Gasteiger partial charge in [-0.25, -0.2) is 4.98 Å². The van der Waals surface area contributed by atoms with Crippen LogP contribution in [0.15, 0.2) is 64.2 Å². The molecule has 0 unspecified atom stereocenters. The Morgan fingerprint density at radius 1 is 1.10 bits per heavy atom. The van der Waals surface area contributed by atoms with Crippen molar-refractivity contribution in [3.8, 4) is 17.2 Å². The van der Waals surface area contributed by atoms with Crippen LogP contribution in [0.25, 0.3) is 11.5 Å². The number of carboxylic acids is 1. The van der Waals surface area contributed by atoms with Gasteiger partial charge in [0.2, 0.25) is 5.89 Å². The van der Waals surface area contributed by atoms with Gasteiger partial charge in [0, 0.05) is 11.5 Å². The minimum atomic E-state index is -1.33. The Morgan fingerprint density at radius 2 is 1.80 bits per heavy atom. The standard InChI is InChI=1S/C23H24N2O5/c1-15(2)21(23(26)27)25-29-13-17-9-11-19(12-10-17)28-14-20-16(3)30-22(24-20)18-7-5-4-6-8-18/h4-12,15H,13-14H2,1-3H3,(H,26,27)/p-1/b25-21+. The van der Waals surface area contributed by atoms with E-state index in [2.05, 4.69) is 10.1 Å². The van der Waals surface area contributed by atoms with Gasteiger partial charge in [-0.15, -0.1) is 0 Å². The third-order valence-electron chi connectivity index (χ3n) is 4.36. The van der Waals surface area contributed by atoms with Crippen LogP contribution in [0.4, 0.5) is 0 Å². The minimum absolute atomic E-state index is 0.118. The number of carboxylic acid groups (broad SMARTS) is 1. The summed E-state index contributed by atoms with van der Waals surface area (Å²) in [5.74, 6) is 0.340. The van der Waals surface area contributed by atoms with Crippen LogP contribution in [0, 0.1) is 12.8 Å². The second kappa shape index (κ2) is 9.73. The van der Waals surface area contributed by atoms with Gasteiger partial charge in [0.05, 0.1) is 5.97 Å². The van der Waals surface area contributed by atoms with Crippen molar-refractivity contribution in [2.24, 2.45) is 11.1 Å². The second-order valence-electron chi connectivity index (χ2n) is 7.01. The molecule has 0 aliphatic rings. The lowest BCUT2D eigenvalue weighted by Gasteiger charge is -2.10. The molecule has 7 nitrogen and oxygen atoms in total. The highest BCUT2D eigenvalue weighted by molar-refractivity contribution is 6.35. The summed E-state index contributed by atoms with van der Waals surface area (Å²) in [6, 6.07) is 16.9. The molecule has 0 N–H and O–H groups in total. The number of oxime groups is 1. The highest BCUT2D eigenvalue weighted by Crippen LogP contribution is 2.22. The second-order valence-corrected chi connectivity index (χ2v) is 7.01. The number of benzene rings is 2. The predicted molar refractivity (Wildman–Crippen MR) is 110 cm³/mol. The van der Waals surface area contributed by atoms with Gasteiger partial charge in [-0.05, 0) is 36.8 Å². The van der Waals surface area contributed by atoms with Crippen LogP contribution in [-0.4, -0.2) is 16.7 Å². The summed E-state index contributed by atoms with van der Waals surface area (Å²) in [6.07, 6.45) is 0. The Bertz CT molecular complexity index is 1010. The molecular weight excluding hydrogens is 384 g/mol. The van der Waals surface area contributed by atoms with E-state index in [1.807, 2.05) is 49.4 Å². The molecule has 1 heterocycles. The Morgan fingerprint density at radius 3 is 2.43 bits per heavy atom. The fourth-order valence-electron chi connectivity index (χ4n) is 2.65. The number of hydrogen-bond donors (Lipinski definition) is 0. The van der Waals surface area contributed by atoms with Gasteiger partial charge in [-0.1, -0.05) is 49.3 Å². The van der Waals surface area contributed by atoms with Crippen molar-refractivity contribution in [3.05, 3.63) is 71.6 Å². The summed E-state index contributed by atoms with van der Waals surface area (Å²) in [5, 5.41) is 14.6. The number of hydrogen-bond acceptors (Lipinski definition) is 7. The number of aryl methyl sites for hydroxylation is 1. The van der Waals surface area contributed by atoms with Crippen LogP contribution in [0.5, 0.6) is 5.75 Å². The molecule has 0 radical (unpaired) electrons. The summed E-state index contributed by atoms with van der Waals surface area (Å²) in [6.45, 7) is 5.71. The molecule has 0 fully saturated rings. The van der Waals surface area contributed by atoms with Gasteiger partial charge in [0.1, 0.15) is 36.1 Å². The molecule has 0 bridgehead atoms. The molecule has 156 valence electrons. The lowest BCUT2D eigenvalue weighted by molar-refractivity contribution is -0.294. The highest BCUT2D eigenvalue weighted by Gasteiger charge is 2.12. The largest absolute Gasteiger partial charge is 0.543 e. The van der Waals surface area contributed by atoms with Crippen LogP contribution in [0.3, 0.4) is 0 Å². The third kappa shape index (κ3) is 5.47. The lowest BCUT2D eigenvalue weighted by atomic mass is 10.1. The monoisotopic (exact) mass is 407 g/mol. The van der Waals surface area contributed by atoms with Crippen LogP contribution in [0.1, 0.15) is 30.9 Å². The maximum Gasteiger partial charge on any atom is 0.226 e. The average Bonchev–Trinajstić information content (AvgIpc) is 3.11. The summed E-state index contributed by atoms with van der Waals surface area (Å²) in [7, 11) is 0. The molecule has 30 heavy (non-hydrogen) atoms. The number of ether oxygens (including phenoxy) is 1. The van der Waals surface area contributed by atoms with Crippen molar-refractivity contribution < 1.29 is 23.9 Å². The van der Waals surface area contributed by atoms with Gasteiger partial charge in [-0.2, -0.15) is 0 Å². The molecule has 0 aliphatic carbocycles. The summed E-state index contributed by atoms with van der Waals surface area (Å²) in [5.41, 5.74) is 2.36. The molecular formula is C23H23N2O5-. The smallest absolute Gasteiger partial charge is 0.226 e. The van der Waals surface area contributed by atoms with Gasteiger partial charge < -0.3 is 23.9 Å². The quantitative estimate of drug-likeness (QED) is 0.398. The molecule has 2 aromatic carbocycles. The van der Waals surface area contributed by atoms with E-state index in [1.54, 1.807) is 26.0 Å². The minimum Gasteiger partial charge on any atom is -0.543 e. The van der Waals surface area contributed by atoms with Crippen LogP contribution < -0.4 is 9.84 Å². The van der Waals surface area contributed by atoms with Gasteiger partial charge in [0.25, 0.3) is 0 Å². The van der Waals surface area contributed by atoms with E-state index in [1.165, 1.54) is 0 Å². The number of carbonyl (C=O) groups excluding carboxylic acids is 1. The number of rotatable bonds is 9. The van der Waals surface area contributed by atoms with Crippen molar-refractivity contribution in [1.82, 2.24) is 4.98 Å². The zero-order valence-corrected chi connectivity index (χ0v) is 17.1. The topological polar surface area (TPSA) is 97.0 Å². The third-order valence-corrected chi connectivity index (χ3v) is 4.36. The number of aliphatic carboxylic acids is 1. The molecule has 0 saturated carbocycles. The summed E-state index contributed by atoms with van der Waals surface area (Å²) in [4.78, 5) is 20.6. The average molecular weight is 407 g/mol. The maximum atomic E-state index is 11.0. The first-order valence-corrected chi connectivity index (χ1v) is 9.58. The summed E-state index contributed by atoms with van der Waals surface area (Å²) < 4.78 is 11.5. The zero-order valence-electron chi connectivity index (χ0n) is 17.1. The zero-order chi connectivity index (χ0) is 21.5. The van der Waals surface area contributed by atoms with Crippen LogP contribution in [0.2, 0.25) is 0 Å². The fourth-order valence-corrected chi connectivity index (χ4v) is 2.65. The lowest BCUT2D eigenvalue weighted by Crippen LogP contribution is -2.35. The van der Waals surface area contributed by atoms with Crippen molar-refractivity contribution in [3.63, 3.8) is 0 Å².